The highest BCUT2D eigenvalue weighted by atomic mass is 19.1. The summed E-state index contributed by atoms with van der Waals surface area (Å²) in [5.74, 6) is -0.293. The molecule has 0 fully saturated rings. The lowest BCUT2D eigenvalue weighted by molar-refractivity contribution is 0.601. The average molecular weight is 496 g/mol. The van der Waals surface area contributed by atoms with E-state index >= 15 is 4.39 Å². The fourth-order valence-electron chi connectivity index (χ4n) is 4.92. The van der Waals surface area contributed by atoms with Crippen LogP contribution in [0.2, 0.25) is 0 Å². The normalized spacial score (nSPS) is 11.1. The van der Waals surface area contributed by atoms with Crippen molar-refractivity contribution in [2.45, 2.75) is 71.1 Å². The number of hydrogen-bond acceptors (Lipinski definition) is 1. The summed E-state index contributed by atoms with van der Waals surface area (Å²) in [7, 11) is 0. The Kier molecular flexibility index (Phi) is 9.44. The van der Waals surface area contributed by atoms with Crippen LogP contribution in [-0.4, -0.2) is 0 Å². The van der Waals surface area contributed by atoms with Crippen LogP contribution in [0.3, 0.4) is 0 Å². The van der Waals surface area contributed by atoms with Crippen molar-refractivity contribution in [1.82, 2.24) is 0 Å². The number of halogens is 2. The second-order valence-corrected chi connectivity index (χ2v) is 9.99. The van der Waals surface area contributed by atoms with Gasteiger partial charge in [-0.05, 0) is 89.9 Å². The van der Waals surface area contributed by atoms with E-state index in [0.29, 0.717) is 35.8 Å². The van der Waals surface area contributed by atoms with E-state index in [1.165, 1.54) is 25.7 Å². The van der Waals surface area contributed by atoms with Crippen molar-refractivity contribution in [2.75, 3.05) is 0 Å². The zero-order valence-corrected chi connectivity index (χ0v) is 21.7. The Hall–Kier alpha value is -3.51. The highest BCUT2D eigenvalue weighted by molar-refractivity contribution is 5.84. The topological polar surface area (TPSA) is 23.8 Å². The quantitative estimate of drug-likeness (QED) is 0.180. The molecule has 37 heavy (non-hydrogen) atoms. The van der Waals surface area contributed by atoms with Gasteiger partial charge in [-0.1, -0.05) is 87.2 Å². The Morgan fingerprint density at radius 3 is 2.03 bits per heavy atom. The van der Waals surface area contributed by atoms with E-state index in [2.05, 4.69) is 19.1 Å². The minimum absolute atomic E-state index is 0.121. The standard InChI is InChI=1S/C34H35F2N/c1-2-3-4-5-6-7-26-13-16-29(33(35)23-26)17-14-27-15-21-32-31(22-27)20-19-30(34(32)36)18-12-25-8-10-28(24-37)11-9-25/h8-11,13,15-16,19-23H,2-7,12,14,17-18H2,1H3. The summed E-state index contributed by atoms with van der Waals surface area (Å²) in [6.07, 6.45) is 9.68. The van der Waals surface area contributed by atoms with Crippen LogP contribution < -0.4 is 0 Å². The number of nitriles is 1. The molecule has 0 saturated heterocycles. The van der Waals surface area contributed by atoms with Gasteiger partial charge in [0.1, 0.15) is 11.6 Å². The minimum atomic E-state index is -0.172. The van der Waals surface area contributed by atoms with Gasteiger partial charge in [0, 0.05) is 5.39 Å². The molecule has 0 unspecified atom stereocenters. The molecule has 0 atom stereocenters. The first-order valence-electron chi connectivity index (χ1n) is 13.5. The van der Waals surface area contributed by atoms with E-state index in [4.69, 9.17) is 5.26 Å². The molecule has 0 N–H and O–H groups in total. The number of hydrogen-bond donors (Lipinski definition) is 0. The largest absolute Gasteiger partial charge is 0.207 e. The molecule has 0 aliphatic carbocycles. The summed E-state index contributed by atoms with van der Waals surface area (Å²) < 4.78 is 29.9. The van der Waals surface area contributed by atoms with E-state index < -0.39 is 0 Å². The van der Waals surface area contributed by atoms with Crippen LogP contribution in [-0.2, 0) is 32.1 Å². The molecule has 0 saturated carbocycles. The fraction of sp³-hybridized carbons (Fsp3) is 0.324. The van der Waals surface area contributed by atoms with Gasteiger partial charge in [-0.15, -0.1) is 0 Å². The molecule has 0 radical (unpaired) electrons. The molecule has 0 aromatic heterocycles. The van der Waals surface area contributed by atoms with Crippen molar-refractivity contribution in [3.05, 3.63) is 118 Å². The third kappa shape index (κ3) is 7.26. The monoisotopic (exact) mass is 495 g/mol. The lowest BCUT2D eigenvalue weighted by Gasteiger charge is -2.10. The fourth-order valence-corrected chi connectivity index (χ4v) is 4.92. The van der Waals surface area contributed by atoms with Crippen LogP contribution in [0.25, 0.3) is 10.8 Å². The highest BCUT2D eigenvalue weighted by Gasteiger charge is 2.10. The first-order chi connectivity index (χ1) is 18.1. The predicted molar refractivity (Wildman–Crippen MR) is 149 cm³/mol. The van der Waals surface area contributed by atoms with Crippen molar-refractivity contribution in [3.8, 4) is 6.07 Å². The molecule has 0 bridgehead atoms. The number of benzene rings is 4. The van der Waals surface area contributed by atoms with E-state index in [0.717, 1.165) is 46.9 Å². The Labute approximate surface area is 219 Å². The molecule has 4 aromatic rings. The second kappa shape index (κ2) is 13.2. The van der Waals surface area contributed by atoms with Gasteiger partial charge in [0.2, 0.25) is 0 Å². The zero-order valence-electron chi connectivity index (χ0n) is 21.7. The van der Waals surface area contributed by atoms with E-state index in [1.54, 1.807) is 18.2 Å². The predicted octanol–water partition coefficient (Wildman–Crippen LogP) is 9.07. The maximum Gasteiger partial charge on any atom is 0.134 e. The molecular weight excluding hydrogens is 460 g/mol. The molecule has 0 spiro atoms. The summed E-state index contributed by atoms with van der Waals surface area (Å²) in [6, 6.07) is 24.9. The van der Waals surface area contributed by atoms with Crippen molar-refractivity contribution in [1.29, 1.82) is 5.26 Å². The van der Waals surface area contributed by atoms with Gasteiger partial charge in [0.05, 0.1) is 11.6 Å². The molecule has 0 aliphatic heterocycles. The average Bonchev–Trinajstić information content (AvgIpc) is 2.92. The highest BCUT2D eigenvalue weighted by Crippen LogP contribution is 2.25. The maximum atomic E-state index is 15.2. The first kappa shape index (κ1) is 26.6. The van der Waals surface area contributed by atoms with Crippen LogP contribution in [0.5, 0.6) is 0 Å². The summed E-state index contributed by atoms with van der Waals surface area (Å²) >= 11 is 0. The SMILES string of the molecule is CCCCCCCc1ccc(CCc2ccc3c(F)c(CCc4ccc(C#N)cc4)ccc3c2)c(F)c1. The molecule has 0 amide bonds. The number of unbranched alkanes of at least 4 members (excludes halogenated alkanes) is 4. The molecule has 0 aliphatic rings. The second-order valence-electron chi connectivity index (χ2n) is 9.99. The van der Waals surface area contributed by atoms with E-state index in [1.807, 2.05) is 48.5 Å². The van der Waals surface area contributed by atoms with Gasteiger partial charge < -0.3 is 0 Å². The lowest BCUT2D eigenvalue weighted by Crippen LogP contribution is -1.98. The van der Waals surface area contributed by atoms with Crippen molar-refractivity contribution in [2.24, 2.45) is 0 Å². The van der Waals surface area contributed by atoms with Crippen molar-refractivity contribution in [3.63, 3.8) is 0 Å². The molecule has 1 nitrogen and oxygen atoms in total. The Morgan fingerprint density at radius 1 is 0.622 bits per heavy atom. The van der Waals surface area contributed by atoms with E-state index in [9.17, 15) is 4.39 Å². The van der Waals surface area contributed by atoms with Crippen LogP contribution in [0, 0.1) is 23.0 Å². The Balaban J connectivity index is 1.35. The number of nitrogens with zero attached hydrogens (tertiary/aromatic N) is 1. The van der Waals surface area contributed by atoms with Crippen LogP contribution in [0.15, 0.2) is 72.8 Å². The third-order valence-corrected chi connectivity index (χ3v) is 7.23. The Bertz CT molecular complexity index is 1370. The summed E-state index contributed by atoms with van der Waals surface area (Å²) in [5.41, 5.74) is 5.30. The molecule has 4 aromatic carbocycles. The van der Waals surface area contributed by atoms with Gasteiger partial charge in [-0.25, -0.2) is 8.78 Å². The van der Waals surface area contributed by atoms with Crippen LogP contribution >= 0.6 is 0 Å². The molecule has 3 heteroatoms. The smallest absolute Gasteiger partial charge is 0.134 e. The first-order valence-corrected chi connectivity index (χ1v) is 13.5. The van der Waals surface area contributed by atoms with Crippen molar-refractivity contribution < 1.29 is 8.78 Å². The van der Waals surface area contributed by atoms with Gasteiger partial charge >= 0.3 is 0 Å². The zero-order chi connectivity index (χ0) is 26.0. The van der Waals surface area contributed by atoms with Crippen molar-refractivity contribution >= 4 is 10.8 Å². The number of fused-ring (bicyclic) bond motifs is 1. The minimum Gasteiger partial charge on any atom is -0.207 e. The van der Waals surface area contributed by atoms with Gasteiger partial charge in [0.25, 0.3) is 0 Å². The number of rotatable bonds is 12. The summed E-state index contributed by atoms with van der Waals surface area (Å²) in [5, 5.41) is 10.4. The molecule has 4 rings (SSSR count). The molecular formula is C34H35F2N. The third-order valence-electron chi connectivity index (χ3n) is 7.23. The Morgan fingerprint density at radius 2 is 1.27 bits per heavy atom. The molecule has 190 valence electrons. The molecule has 0 heterocycles. The van der Waals surface area contributed by atoms with E-state index in [-0.39, 0.29) is 11.6 Å². The van der Waals surface area contributed by atoms with Gasteiger partial charge in [-0.3, -0.25) is 0 Å². The van der Waals surface area contributed by atoms with Crippen LogP contribution in [0.4, 0.5) is 8.78 Å². The summed E-state index contributed by atoms with van der Waals surface area (Å²) in [6.45, 7) is 2.21. The van der Waals surface area contributed by atoms with Gasteiger partial charge in [-0.2, -0.15) is 5.26 Å². The van der Waals surface area contributed by atoms with Crippen LogP contribution in [0.1, 0.15) is 72.4 Å². The maximum absolute atomic E-state index is 15.2. The number of aryl methyl sites for hydroxylation is 5. The summed E-state index contributed by atoms with van der Waals surface area (Å²) in [4.78, 5) is 0. The van der Waals surface area contributed by atoms with Gasteiger partial charge in [0.15, 0.2) is 0 Å². The lowest BCUT2D eigenvalue weighted by atomic mass is 9.96.